The SMILES string of the molecule is CCCC1CCC(NC(=O)C2(N)C3CCCOC3C2(C)C)CC1.Cl. The van der Waals surface area contributed by atoms with E-state index in [4.69, 9.17) is 10.5 Å². The van der Waals surface area contributed by atoms with Crippen LogP contribution in [0.1, 0.15) is 72.1 Å². The summed E-state index contributed by atoms with van der Waals surface area (Å²) >= 11 is 0. The van der Waals surface area contributed by atoms with Crippen molar-refractivity contribution in [2.45, 2.75) is 89.8 Å². The molecule has 5 heteroatoms. The normalized spacial score (nSPS) is 40.7. The Morgan fingerprint density at radius 2 is 1.88 bits per heavy atom. The Morgan fingerprint density at radius 1 is 1.21 bits per heavy atom. The molecule has 0 radical (unpaired) electrons. The first kappa shape index (κ1) is 20.0. The van der Waals surface area contributed by atoms with Crippen LogP contribution in [0.4, 0.5) is 0 Å². The molecule has 1 aliphatic heterocycles. The quantitative estimate of drug-likeness (QED) is 0.809. The number of carbonyl (C=O) groups is 1. The highest BCUT2D eigenvalue weighted by atomic mass is 35.5. The molecule has 3 fully saturated rings. The maximum atomic E-state index is 13.0. The first-order valence-corrected chi connectivity index (χ1v) is 9.62. The first-order valence-electron chi connectivity index (χ1n) is 9.62. The van der Waals surface area contributed by atoms with Crippen molar-refractivity contribution in [2.24, 2.45) is 23.0 Å². The molecule has 2 saturated carbocycles. The number of hydrogen-bond donors (Lipinski definition) is 2. The Morgan fingerprint density at radius 3 is 2.50 bits per heavy atom. The molecule has 140 valence electrons. The molecular weight excluding hydrogens is 324 g/mol. The van der Waals surface area contributed by atoms with Crippen molar-refractivity contribution in [3.63, 3.8) is 0 Å². The summed E-state index contributed by atoms with van der Waals surface area (Å²) in [5.74, 6) is 1.10. The largest absolute Gasteiger partial charge is 0.377 e. The minimum atomic E-state index is -0.766. The predicted molar refractivity (Wildman–Crippen MR) is 99.2 cm³/mol. The number of amides is 1. The monoisotopic (exact) mass is 358 g/mol. The van der Waals surface area contributed by atoms with Crippen molar-refractivity contribution in [1.82, 2.24) is 5.32 Å². The molecular formula is C19H35ClN2O2. The van der Waals surface area contributed by atoms with Gasteiger partial charge >= 0.3 is 0 Å². The van der Waals surface area contributed by atoms with E-state index < -0.39 is 5.54 Å². The molecule has 24 heavy (non-hydrogen) atoms. The fourth-order valence-electron chi connectivity index (χ4n) is 5.35. The van der Waals surface area contributed by atoms with Gasteiger partial charge in [-0.05, 0) is 44.4 Å². The van der Waals surface area contributed by atoms with Crippen LogP contribution in [0.3, 0.4) is 0 Å². The summed E-state index contributed by atoms with van der Waals surface area (Å²) in [7, 11) is 0. The zero-order chi connectivity index (χ0) is 16.7. The van der Waals surface area contributed by atoms with Gasteiger partial charge in [0.2, 0.25) is 5.91 Å². The summed E-state index contributed by atoms with van der Waals surface area (Å²) in [6.07, 6.45) is 9.49. The van der Waals surface area contributed by atoms with Crippen molar-refractivity contribution in [1.29, 1.82) is 0 Å². The molecule has 1 heterocycles. The third-order valence-electron chi connectivity index (χ3n) is 6.94. The lowest BCUT2D eigenvalue weighted by Crippen LogP contribution is -2.82. The molecule has 0 spiro atoms. The van der Waals surface area contributed by atoms with E-state index in [9.17, 15) is 4.79 Å². The number of halogens is 1. The number of fused-ring (bicyclic) bond motifs is 1. The van der Waals surface area contributed by atoms with E-state index in [2.05, 4.69) is 26.1 Å². The topological polar surface area (TPSA) is 64.4 Å². The first-order chi connectivity index (χ1) is 10.9. The minimum absolute atomic E-state index is 0. The lowest BCUT2D eigenvalue weighted by Gasteiger charge is -2.65. The Labute approximate surface area is 153 Å². The van der Waals surface area contributed by atoms with Crippen molar-refractivity contribution in [3.8, 4) is 0 Å². The van der Waals surface area contributed by atoms with E-state index in [1.54, 1.807) is 0 Å². The van der Waals surface area contributed by atoms with Crippen molar-refractivity contribution in [2.75, 3.05) is 6.61 Å². The van der Waals surface area contributed by atoms with Gasteiger partial charge in [-0.25, -0.2) is 0 Å². The number of nitrogens with one attached hydrogen (secondary N) is 1. The maximum Gasteiger partial charge on any atom is 0.241 e. The molecule has 1 amide bonds. The third-order valence-corrected chi connectivity index (χ3v) is 6.94. The van der Waals surface area contributed by atoms with E-state index in [0.29, 0.717) is 6.04 Å². The summed E-state index contributed by atoms with van der Waals surface area (Å²) in [4.78, 5) is 13.0. The molecule has 3 N–H and O–H groups in total. The van der Waals surface area contributed by atoms with Gasteiger partial charge in [0, 0.05) is 24.0 Å². The van der Waals surface area contributed by atoms with Gasteiger partial charge in [0.1, 0.15) is 5.54 Å². The lowest BCUT2D eigenvalue weighted by atomic mass is 9.46. The fraction of sp³-hybridized carbons (Fsp3) is 0.947. The van der Waals surface area contributed by atoms with Crippen LogP contribution in [0.2, 0.25) is 0 Å². The van der Waals surface area contributed by atoms with Gasteiger partial charge < -0.3 is 15.8 Å². The Bertz CT molecular complexity index is 449. The van der Waals surface area contributed by atoms with Crippen LogP contribution in [0, 0.1) is 17.3 Å². The van der Waals surface area contributed by atoms with Crippen LogP contribution in [-0.4, -0.2) is 30.2 Å². The van der Waals surface area contributed by atoms with Crippen LogP contribution in [0.25, 0.3) is 0 Å². The summed E-state index contributed by atoms with van der Waals surface area (Å²) in [6.45, 7) is 7.26. The second-order valence-electron chi connectivity index (χ2n) is 8.61. The number of nitrogens with two attached hydrogens (primary N) is 1. The third kappa shape index (κ3) is 3.10. The number of ether oxygens (including phenoxy) is 1. The second-order valence-corrected chi connectivity index (χ2v) is 8.61. The molecule has 3 atom stereocenters. The molecule has 4 nitrogen and oxygen atoms in total. The van der Waals surface area contributed by atoms with Gasteiger partial charge in [0.25, 0.3) is 0 Å². The molecule has 2 aliphatic carbocycles. The molecule has 0 aromatic carbocycles. The zero-order valence-electron chi connectivity index (χ0n) is 15.5. The van der Waals surface area contributed by atoms with Crippen molar-refractivity contribution < 1.29 is 9.53 Å². The summed E-state index contributed by atoms with van der Waals surface area (Å²) < 4.78 is 5.91. The maximum absolute atomic E-state index is 13.0. The second kappa shape index (κ2) is 7.51. The van der Waals surface area contributed by atoms with E-state index in [1.165, 1.54) is 25.7 Å². The predicted octanol–water partition coefficient (Wildman–Crippen LogP) is 3.42. The highest BCUT2D eigenvalue weighted by Gasteiger charge is 2.70. The molecule has 0 aromatic rings. The number of rotatable bonds is 4. The Kier molecular flexibility index (Phi) is 6.26. The fourth-order valence-corrected chi connectivity index (χ4v) is 5.35. The Balaban J connectivity index is 0.00000208. The van der Waals surface area contributed by atoms with Gasteiger partial charge in [-0.15, -0.1) is 12.4 Å². The van der Waals surface area contributed by atoms with Gasteiger partial charge in [-0.2, -0.15) is 0 Å². The van der Waals surface area contributed by atoms with Crippen LogP contribution >= 0.6 is 12.4 Å². The van der Waals surface area contributed by atoms with Gasteiger partial charge in [-0.3, -0.25) is 4.79 Å². The molecule has 0 bridgehead atoms. The van der Waals surface area contributed by atoms with E-state index in [0.717, 1.165) is 38.2 Å². The van der Waals surface area contributed by atoms with Crippen LogP contribution < -0.4 is 11.1 Å². The highest BCUT2D eigenvalue weighted by molar-refractivity contribution is 5.89. The average Bonchev–Trinajstić information content (AvgIpc) is 2.56. The van der Waals surface area contributed by atoms with Gasteiger partial charge in [0.05, 0.1) is 6.10 Å². The zero-order valence-corrected chi connectivity index (χ0v) is 16.3. The number of hydrogen-bond acceptors (Lipinski definition) is 3. The molecule has 3 aliphatic rings. The lowest BCUT2D eigenvalue weighted by molar-refractivity contribution is -0.225. The smallest absolute Gasteiger partial charge is 0.241 e. The standard InChI is InChI=1S/C19H34N2O2.ClH/c1-4-6-13-8-10-14(11-9-13)21-17(22)19(20)15-7-5-12-23-16(15)18(19,2)3;/h13-16H,4-12,20H2,1-3H3,(H,21,22);1H. The average molecular weight is 359 g/mol. The van der Waals surface area contributed by atoms with Gasteiger partial charge in [-0.1, -0.05) is 33.6 Å². The van der Waals surface area contributed by atoms with E-state index >= 15 is 0 Å². The van der Waals surface area contributed by atoms with Crippen molar-refractivity contribution in [3.05, 3.63) is 0 Å². The van der Waals surface area contributed by atoms with Crippen molar-refractivity contribution >= 4 is 18.3 Å². The highest BCUT2D eigenvalue weighted by Crippen LogP contribution is 2.57. The van der Waals surface area contributed by atoms with Crippen LogP contribution in [0.5, 0.6) is 0 Å². The summed E-state index contributed by atoms with van der Waals surface area (Å²) in [6, 6.07) is 0.315. The van der Waals surface area contributed by atoms with E-state index in [1.807, 2.05) is 0 Å². The van der Waals surface area contributed by atoms with Crippen LogP contribution in [-0.2, 0) is 9.53 Å². The summed E-state index contributed by atoms with van der Waals surface area (Å²) in [5.41, 5.74) is 5.64. The molecule has 3 rings (SSSR count). The van der Waals surface area contributed by atoms with E-state index in [-0.39, 0.29) is 35.8 Å². The Hall–Kier alpha value is -0.320. The summed E-state index contributed by atoms with van der Waals surface area (Å²) in [5, 5.41) is 3.29. The van der Waals surface area contributed by atoms with Gasteiger partial charge in [0.15, 0.2) is 0 Å². The molecule has 0 aromatic heterocycles. The van der Waals surface area contributed by atoms with Crippen LogP contribution in [0.15, 0.2) is 0 Å². The molecule has 3 unspecified atom stereocenters. The minimum Gasteiger partial charge on any atom is -0.377 e. The molecule has 1 saturated heterocycles. The number of carbonyl (C=O) groups excluding carboxylic acids is 1.